The van der Waals surface area contributed by atoms with E-state index in [1.807, 2.05) is 6.92 Å². The van der Waals surface area contributed by atoms with Gasteiger partial charge in [0.15, 0.2) is 0 Å². The maximum absolute atomic E-state index is 12.5. The lowest BCUT2D eigenvalue weighted by Gasteiger charge is -2.18. The van der Waals surface area contributed by atoms with Crippen LogP contribution in [0, 0.1) is 13.8 Å². The van der Waals surface area contributed by atoms with Crippen molar-refractivity contribution < 1.29 is 19.1 Å². The number of nitrogens with one attached hydrogen (secondary N) is 1. The third kappa shape index (κ3) is 5.36. The number of likely N-dealkylation sites (N-methyl/N-ethyl adjacent to an activating group) is 1. The molecule has 0 spiro atoms. The Morgan fingerprint density at radius 2 is 1.82 bits per heavy atom. The number of hydrogen-bond donors (Lipinski definition) is 1. The number of carbonyl (C=O) groups is 3. The average molecular weight is 406 g/mol. The summed E-state index contributed by atoms with van der Waals surface area (Å²) in [7, 11) is 1.56. The second-order valence-corrected chi connectivity index (χ2v) is 6.83. The van der Waals surface area contributed by atoms with Crippen LogP contribution in [0.25, 0.3) is 0 Å². The fraction of sp³-hybridized carbons (Fsp3) is 0.350. The summed E-state index contributed by atoms with van der Waals surface area (Å²) in [5, 5.41) is 3.29. The smallest absolute Gasteiger partial charge is 0.339 e. The zero-order valence-corrected chi connectivity index (χ0v) is 17.2. The van der Waals surface area contributed by atoms with E-state index in [4.69, 9.17) is 16.3 Å². The van der Waals surface area contributed by atoms with E-state index in [0.29, 0.717) is 22.0 Å². The lowest BCUT2D eigenvalue weighted by atomic mass is 10.2. The number of aryl methyl sites for hydroxylation is 1. The van der Waals surface area contributed by atoms with E-state index < -0.39 is 5.97 Å². The number of anilines is 1. The summed E-state index contributed by atoms with van der Waals surface area (Å²) in [5.41, 5.74) is 2.47. The van der Waals surface area contributed by atoms with Gasteiger partial charge in [-0.2, -0.15) is 0 Å². The summed E-state index contributed by atoms with van der Waals surface area (Å²) in [6, 6.07) is 8.42. The number of halogens is 1. The molecule has 7 nitrogen and oxygen atoms in total. The second kappa shape index (κ2) is 9.41. The van der Waals surface area contributed by atoms with Crippen molar-refractivity contribution in [1.82, 2.24) is 9.47 Å². The first-order valence-corrected chi connectivity index (χ1v) is 9.24. The van der Waals surface area contributed by atoms with Gasteiger partial charge in [0, 0.05) is 29.1 Å². The van der Waals surface area contributed by atoms with Crippen LogP contribution in [0.1, 0.15) is 28.7 Å². The minimum Gasteiger partial charge on any atom is -0.462 e. The number of esters is 1. The summed E-state index contributed by atoms with van der Waals surface area (Å²) in [4.78, 5) is 38.0. The van der Waals surface area contributed by atoms with Gasteiger partial charge in [-0.1, -0.05) is 11.6 Å². The van der Waals surface area contributed by atoms with Crippen molar-refractivity contribution in [2.75, 3.05) is 25.5 Å². The summed E-state index contributed by atoms with van der Waals surface area (Å²) >= 11 is 5.82. The zero-order valence-electron chi connectivity index (χ0n) is 16.4. The molecule has 0 radical (unpaired) electrons. The molecule has 0 bridgehead atoms. The van der Waals surface area contributed by atoms with Crippen LogP contribution in [0.5, 0.6) is 0 Å². The Kier molecular flexibility index (Phi) is 7.23. The monoisotopic (exact) mass is 405 g/mol. The molecule has 0 aliphatic rings. The molecular weight excluding hydrogens is 382 g/mol. The van der Waals surface area contributed by atoms with Gasteiger partial charge in [0.2, 0.25) is 11.8 Å². The SMILES string of the molecule is CCOC(=O)c1cc(C)n(CC(=O)N(C)CC(=O)Nc2ccc(Cl)cc2)c1C. The van der Waals surface area contributed by atoms with Crippen LogP contribution in [0.3, 0.4) is 0 Å². The highest BCUT2D eigenvalue weighted by atomic mass is 35.5. The Hall–Kier alpha value is -2.80. The number of benzene rings is 1. The fourth-order valence-electron chi connectivity index (χ4n) is 2.75. The van der Waals surface area contributed by atoms with Crippen LogP contribution in [0.4, 0.5) is 5.69 Å². The largest absolute Gasteiger partial charge is 0.462 e. The van der Waals surface area contributed by atoms with Crippen LogP contribution in [-0.4, -0.2) is 47.4 Å². The van der Waals surface area contributed by atoms with E-state index in [0.717, 1.165) is 5.69 Å². The molecule has 2 rings (SSSR count). The van der Waals surface area contributed by atoms with Gasteiger partial charge in [0.05, 0.1) is 18.7 Å². The Balaban J connectivity index is 1.99. The number of carbonyl (C=O) groups excluding carboxylic acids is 3. The molecule has 28 heavy (non-hydrogen) atoms. The summed E-state index contributed by atoms with van der Waals surface area (Å²) in [6.45, 7) is 5.54. The molecule has 0 atom stereocenters. The van der Waals surface area contributed by atoms with E-state index in [9.17, 15) is 14.4 Å². The van der Waals surface area contributed by atoms with Crippen LogP contribution >= 0.6 is 11.6 Å². The molecule has 0 saturated heterocycles. The van der Waals surface area contributed by atoms with Gasteiger partial charge in [-0.3, -0.25) is 9.59 Å². The molecule has 8 heteroatoms. The van der Waals surface area contributed by atoms with Gasteiger partial charge < -0.3 is 19.5 Å². The number of ether oxygens (including phenoxy) is 1. The predicted octanol–water partition coefficient (Wildman–Crippen LogP) is 3.03. The molecule has 2 aromatic rings. The van der Waals surface area contributed by atoms with Crippen LogP contribution in [-0.2, 0) is 20.9 Å². The highest BCUT2D eigenvalue weighted by molar-refractivity contribution is 6.30. The molecule has 1 N–H and O–H groups in total. The number of hydrogen-bond acceptors (Lipinski definition) is 4. The quantitative estimate of drug-likeness (QED) is 0.718. The van der Waals surface area contributed by atoms with Crippen molar-refractivity contribution in [1.29, 1.82) is 0 Å². The molecule has 1 heterocycles. The maximum Gasteiger partial charge on any atom is 0.339 e. The number of rotatable bonds is 7. The highest BCUT2D eigenvalue weighted by Gasteiger charge is 2.20. The second-order valence-electron chi connectivity index (χ2n) is 6.40. The van der Waals surface area contributed by atoms with E-state index in [1.54, 1.807) is 55.8 Å². The lowest BCUT2D eigenvalue weighted by molar-refractivity contribution is -0.133. The maximum atomic E-state index is 12.5. The number of aromatic nitrogens is 1. The third-order valence-electron chi connectivity index (χ3n) is 4.30. The van der Waals surface area contributed by atoms with Crippen molar-refractivity contribution >= 4 is 35.1 Å². The van der Waals surface area contributed by atoms with Crippen molar-refractivity contribution in [3.63, 3.8) is 0 Å². The molecule has 2 amide bonds. The van der Waals surface area contributed by atoms with Gasteiger partial charge in [0.1, 0.15) is 6.54 Å². The molecule has 1 aromatic heterocycles. The first kappa shape index (κ1) is 21.5. The van der Waals surface area contributed by atoms with Crippen molar-refractivity contribution in [3.8, 4) is 0 Å². The Morgan fingerprint density at radius 1 is 1.18 bits per heavy atom. The standard InChI is InChI=1S/C20H24ClN3O4/c1-5-28-20(27)17-10-13(2)24(14(17)3)12-19(26)23(4)11-18(25)22-16-8-6-15(21)7-9-16/h6-10H,5,11-12H2,1-4H3,(H,22,25). The Bertz CT molecular complexity index is 874. The van der Waals surface area contributed by atoms with Crippen LogP contribution in [0.2, 0.25) is 5.02 Å². The Morgan fingerprint density at radius 3 is 2.43 bits per heavy atom. The summed E-state index contributed by atoms with van der Waals surface area (Å²) < 4.78 is 6.78. The van der Waals surface area contributed by atoms with Crippen molar-refractivity contribution in [2.24, 2.45) is 0 Å². The van der Waals surface area contributed by atoms with E-state index in [1.165, 1.54) is 4.90 Å². The molecule has 1 aromatic carbocycles. The third-order valence-corrected chi connectivity index (χ3v) is 4.55. The molecule has 150 valence electrons. The molecular formula is C20H24ClN3O4. The normalized spacial score (nSPS) is 10.5. The average Bonchev–Trinajstić information content (AvgIpc) is 2.92. The first-order valence-electron chi connectivity index (χ1n) is 8.86. The molecule has 0 saturated carbocycles. The van der Waals surface area contributed by atoms with Crippen LogP contribution < -0.4 is 5.32 Å². The van der Waals surface area contributed by atoms with Crippen LogP contribution in [0.15, 0.2) is 30.3 Å². The summed E-state index contributed by atoms with van der Waals surface area (Å²) in [5.74, 6) is -0.972. The van der Waals surface area contributed by atoms with E-state index in [-0.39, 0.29) is 31.5 Å². The molecule has 0 aliphatic heterocycles. The van der Waals surface area contributed by atoms with Gasteiger partial charge in [-0.15, -0.1) is 0 Å². The van der Waals surface area contributed by atoms with Gasteiger partial charge in [-0.05, 0) is 51.1 Å². The lowest BCUT2D eigenvalue weighted by Crippen LogP contribution is -2.37. The Labute approximate surface area is 169 Å². The molecule has 0 fully saturated rings. The topological polar surface area (TPSA) is 80.6 Å². The number of nitrogens with zero attached hydrogens (tertiary/aromatic N) is 2. The predicted molar refractivity (Wildman–Crippen MR) is 108 cm³/mol. The zero-order chi connectivity index (χ0) is 20.8. The fourth-order valence-corrected chi connectivity index (χ4v) is 2.88. The minimum atomic E-state index is -0.412. The highest BCUT2D eigenvalue weighted by Crippen LogP contribution is 2.17. The van der Waals surface area contributed by atoms with Crippen molar-refractivity contribution in [2.45, 2.75) is 27.3 Å². The van der Waals surface area contributed by atoms with Gasteiger partial charge >= 0.3 is 5.97 Å². The van der Waals surface area contributed by atoms with Crippen molar-refractivity contribution in [3.05, 3.63) is 52.3 Å². The number of amides is 2. The van der Waals surface area contributed by atoms with E-state index in [2.05, 4.69) is 5.32 Å². The minimum absolute atomic E-state index is 0.0296. The van der Waals surface area contributed by atoms with Gasteiger partial charge in [0.25, 0.3) is 0 Å². The summed E-state index contributed by atoms with van der Waals surface area (Å²) in [6.07, 6.45) is 0. The van der Waals surface area contributed by atoms with E-state index >= 15 is 0 Å². The molecule has 0 aliphatic carbocycles. The molecule has 0 unspecified atom stereocenters. The first-order chi connectivity index (χ1) is 13.2. The van der Waals surface area contributed by atoms with Gasteiger partial charge in [-0.25, -0.2) is 4.79 Å².